The summed E-state index contributed by atoms with van der Waals surface area (Å²) in [6.45, 7) is 7.53. The lowest BCUT2D eigenvalue weighted by molar-refractivity contribution is 0.102. The van der Waals surface area contributed by atoms with Gasteiger partial charge in [-0.05, 0) is 74.2 Å². The summed E-state index contributed by atoms with van der Waals surface area (Å²) in [5.41, 5.74) is 4.63. The van der Waals surface area contributed by atoms with E-state index >= 15 is 0 Å². The summed E-state index contributed by atoms with van der Waals surface area (Å²) in [7, 11) is -0.662. The molecule has 0 fully saturated rings. The molecule has 1 N–H and O–H groups in total. The van der Waals surface area contributed by atoms with Gasteiger partial charge in [0.05, 0.1) is 4.90 Å². The molecule has 2 aromatic carbocycles. The van der Waals surface area contributed by atoms with E-state index in [4.69, 9.17) is 0 Å². The molecule has 0 radical (unpaired) electrons. The number of carbonyl (C=O) groups is 1. The lowest BCUT2D eigenvalue weighted by Gasteiger charge is -2.16. The number of sulfonamides is 1. The summed E-state index contributed by atoms with van der Waals surface area (Å²) in [4.78, 5) is 12.8. The highest BCUT2D eigenvalue weighted by atomic mass is 32.2. The van der Waals surface area contributed by atoms with Gasteiger partial charge in [0.25, 0.3) is 5.91 Å². The number of benzene rings is 2. The van der Waals surface area contributed by atoms with Crippen molar-refractivity contribution in [1.82, 2.24) is 4.31 Å². The fraction of sp³-hybridized carbons (Fsp3) is 0.316. The zero-order valence-electron chi connectivity index (χ0n) is 15.5. The molecule has 0 saturated carbocycles. The number of anilines is 1. The molecule has 0 atom stereocenters. The quantitative estimate of drug-likeness (QED) is 0.908. The summed E-state index contributed by atoms with van der Waals surface area (Å²) >= 11 is 0. The molecule has 0 bridgehead atoms. The van der Waals surface area contributed by atoms with Gasteiger partial charge in [-0.1, -0.05) is 6.07 Å². The summed E-state index contributed by atoms with van der Waals surface area (Å²) in [6.07, 6.45) is 0. The molecule has 1 amide bonds. The van der Waals surface area contributed by atoms with Crippen LogP contribution in [0.2, 0.25) is 0 Å². The second-order valence-electron chi connectivity index (χ2n) is 6.46. The molecule has 5 nitrogen and oxygen atoms in total. The summed E-state index contributed by atoms with van der Waals surface area (Å²) < 4.78 is 26.2. The number of nitrogens with one attached hydrogen (secondary N) is 1. The van der Waals surface area contributed by atoms with Gasteiger partial charge >= 0.3 is 0 Å². The third-order valence-electron chi connectivity index (χ3n) is 4.41. The Morgan fingerprint density at radius 3 is 2.12 bits per heavy atom. The minimum Gasteiger partial charge on any atom is -0.322 e. The fourth-order valence-corrected chi connectivity index (χ4v) is 3.66. The van der Waals surface area contributed by atoms with E-state index in [1.54, 1.807) is 19.9 Å². The minimum atomic E-state index is -3.62. The van der Waals surface area contributed by atoms with Gasteiger partial charge in [-0.25, -0.2) is 12.7 Å². The second-order valence-corrected chi connectivity index (χ2v) is 8.58. The van der Waals surface area contributed by atoms with Crippen LogP contribution in [0.3, 0.4) is 0 Å². The van der Waals surface area contributed by atoms with E-state index in [1.807, 2.05) is 32.0 Å². The minimum absolute atomic E-state index is 0.155. The number of nitrogens with zero attached hydrogens (tertiary/aromatic N) is 1. The average Bonchev–Trinajstić information content (AvgIpc) is 2.52. The predicted molar refractivity (Wildman–Crippen MR) is 101 cm³/mol. The third-order valence-corrected chi connectivity index (χ3v) is 6.35. The van der Waals surface area contributed by atoms with Crippen LogP contribution in [0.5, 0.6) is 0 Å². The van der Waals surface area contributed by atoms with Crippen LogP contribution < -0.4 is 5.32 Å². The highest BCUT2D eigenvalue weighted by molar-refractivity contribution is 7.89. The van der Waals surface area contributed by atoms with Crippen LogP contribution in [0, 0.1) is 27.7 Å². The van der Waals surface area contributed by atoms with E-state index < -0.39 is 10.0 Å². The van der Waals surface area contributed by atoms with Gasteiger partial charge in [0.1, 0.15) is 0 Å². The van der Waals surface area contributed by atoms with Crippen molar-refractivity contribution in [1.29, 1.82) is 0 Å². The van der Waals surface area contributed by atoms with Crippen molar-refractivity contribution in [3.8, 4) is 0 Å². The Balaban J connectivity index is 2.44. The van der Waals surface area contributed by atoms with E-state index in [-0.39, 0.29) is 10.8 Å². The van der Waals surface area contributed by atoms with Gasteiger partial charge in [-0.2, -0.15) is 0 Å². The van der Waals surface area contributed by atoms with Gasteiger partial charge in [0, 0.05) is 25.3 Å². The third kappa shape index (κ3) is 3.91. The maximum Gasteiger partial charge on any atom is 0.255 e. The van der Waals surface area contributed by atoms with Crippen molar-refractivity contribution in [3.63, 3.8) is 0 Å². The van der Waals surface area contributed by atoms with Gasteiger partial charge in [-0.15, -0.1) is 0 Å². The fourth-order valence-electron chi connectivity index (χ4n) is 2.45. The molecule has 0 heterocycles. The Hall–Kier alpha value is -2.18. The van der Waals surface area contributed by atoms with E-state index in [0.717, 1.165) is 21.0 Å². The topological polar surface area (TPSA) is 66.5 Å². The Bertz CT molecular complexity index is 932. The average molecular weight is 360 g/mol. The van der Waals surface area contributed by atoms with Crippen LogP contribution in [-0.4, -0.2) is 32.7 Å². The van der Waals surface area contributed by atoms with E-state index in [0.29, 0.717) is 16.8 Å². The zero-order valence-corrected chi connectivity index (χ0v) is 16.3. The van der Waals surface area contributed by atoms with Crippen LogP contribution in [0.1, 0.15) is 32.6 Å². The smallest absolute Gasteiger partial charge is 0.255 e. The standard InChI is InChI=1S/C19H24N2O3S/c1-12-7-8-17(10-13(12)2)20-19(22)16-9-14(3)15(4)18(11-16)25(23,24)21(5)6/h7-11H,1-6H3,(H,20,22). The largest absolute Gasteiger partial charge is 0.322 e. The molecule has 6 heteroatoms. The number of hydrogen-bond donors (Lipinski definition) is 1. The van der Waals surface area contributed by atoms with Crippen molar-refractivity contribution >= 4 is 21.6 Å². The van der Waals surface area contributed by atoms with Crippen molar-refractivity contribution in [3.05, 3.63) is 58.1 Å². The SMILES string of the molecule is Cc1ccc(NC(=O)c2cc(C)c(C)c(S(=O)(=O)N(C)C)c2)cc1C. The lowest BCUT2D eigenvalue weighted by atomic mass is 10.1. The summed E-state index contributed by atoms with van der Waals surface area (Å²) in [5, 5.41) is 2.83. The number of hydrogen-bond acceptors (Lipinski definition) is 3. The van der Waals surface area contributed by atoms with Crippen LogP contribution in [0.25, 0.3) is 0 Å². The number of amides is 1. The van der Waals surface area contributed by atoms with Gasteiger partial charge in [0.15, 0.2) is 0 Å². The Labute approximate surface area is 149 Å². The molecule has 2 aromatic rings. The monoisotopic (exact) mass is 360 g/mol. The lowest BCUT2D eigenvalue weighted by Crippen LogP contribution is -2.24. The molecule has 0 aliphatic carbocycles. The summed E-state index contributed by atoms with van der Waals surface area (Å²) in [5.74, 6) is -0.332. The van der Waals surface area contributed by atoms with Crippen molar-refractivity contribution in [2.45, 2.75) is 32.6 Å². The highest BCUT2D eigenvalue weighted by Crippen LogP contribution is 2.24. The molecule has 0 aromatic heterocycles. The molecule has 0 aliphatic heterocycles. The van der Waals surface area contributed by atoms with Crippen molar-refractivity contribution < 1.29 is 13.2 Å². The van der Waals surface area contributed by atoms with E-state index in [1.165, 1.54) is 20.2 Å². The normalized spacial score (nSPS) is 11.6. The Kier molecular flexibility index (Phi) is 5.34. The molecule has 0 aliphatic rings. The first-order chi connectivity index (χ1) is 11.5. The maximum atomic E-state index is 12.6. The Morgan fingerprint density at radius 2 is 1.56 bits per heavy atom. The van der Waals surface area contributed by atoms with Crippen molar-refractivity contribution in [2.24, 2.45) is 0 Å². The molecular weight excluding hydrogens is 336 g/mol. The van der Waals surface area contributed by atoms with Crippen LogP contribution in [0.4, 0.5) is 5.69 Å². The predicted octanol–water partition coefficient (Wildman–Crippen LogP) is 3.42. The molecule has 2 rings (SSSR count). The zero-order chi connectivity index (χ0) is 18.9. The molecule has 0 spiro atoms. The Morgan fingerprint density at radius 1 is 0.920 bits per heavy atom. The van der Waals surface area contributed by atoms with E-state index in [9.17, 15) is 13.2 Å². The van der Waals surface area contributed by atoms with E-state index in [2.05, 4.69) is 5.32 Å². The second kappa shape index (κ2) is 6.98. The molecule has 0 unspecified atom stereocenters. The summed E-state index contributed by atoms with van der Waals surface area (Å²) in [6, 6.07) is 8.81. The number of aryl methyl sites for hydroxylation is 3. The molecule has 25 heavy (non-hydrogen) atoms. The highest BCUT2D eigenvalue weighted by Gasteiger charge is 2.23. The van der Waals surface area contributed by atoms with Crippen LogP contribution in [0.15, 0.2) is 35.2 Å². The van der Waals surface area contributed by atoms with Crippen LogP contribution >= 0.6 is 0 Å². The van der Waals surface area contributed by atoms with Gasteiger partial charge in [-0.3, -0.25) is 4.79 Å². The first kappa shape index (κ1) is 19.1. The van der Waals surface area contributed by atoms with Gasteiger partial charge in [0.2, 0.25) is 10.0 Å². The first-order valence-corrected chi connectivity index (χ1v) is 9.40. The number of rotatable bonds is 4. The maximum absolute atomic E-state index is 12.6. The molecule has 134 valence electrons. The first-order valence-electron chi connectivity index (χ1n) is 7.96. The van der Waals surface area contributed by atoms with Crippen molar-refractivity contribution in [2.75, 3.05) is 19.4 Å². The van der Waals surface area contributed by atoms with Crippen LogP contribution in [-0.2, 0) is 10.0 Å². The molecular formula is C19H24N2O3S. The molecule has 0 saturated heterocycles. The number of carbonyl (C=O) groups excluding carboxylic acids is 1. The van der Waals surface area contributed by atoms with Gasteiger partial charge < -0.3 is 5.32 Å².